The zero-order chi connectivity index (χ0) is 23.2. The largest absolute Gasteiger partial charge is 0.319 e. The first kappa shape index (κ1) is 21.5. The van der Waals surface area contributed by atoms with Gasteiger partial charge in [0.2, 0.25) is 0 Å². The molecule has 33 heavy (non-hydrogen) atoms. The summed E-state index contributed by atoms with van der Waals surface area (Å²) in [6.07, 6.45) is 3.91. The Morgan fingerprint density at radius 2 is 1.88 bits per heavy atom. The van der Waals surface area contributed by atoms with Crippen molar-refractivity contribution in [3.63, 3.8) is 0 Å². The standard InChI is InChI=1S/C24H24FN6OP/c1-30-29-23-24(31(30)15-17-6-8-21-18(11-17)5-4-10-26-21)28-19(14-27-23)12-16-7-9-22(20(25)13-16)33(2,3)32/h4-11,13-14H,12,15H2,1-3H3,(H,27,29). The number of benzene rings is 2. The smallest absolute Gasteiger partial charge is 0.189 e. The molecule has 0 amide bonds. The summed E-state index contributed by atoms with van der Waals surface area (Å²) in [5.74, 6) is 0.942. The fourth-order valence-corrected chi connectivity index (χ4v) is 5.01. The summed E-state index contributed by atoms with van der Waals surface area (Å²) < 4.78 is 26.7. The molecule has 7 nitrogen and oxygen atoms in total. The van der Waals surface area contributed by atoms with E-state index in [0.717, 1.165) is 27.7 Å². The molecular weight excluding hydrogens is 438 g/mol. The molecule has 0 unspecified atom stereocenters. The van der Waals surface area contributed by atoms with Crippen molar-refractivity contribution in [2.45, 2.75) is 13.0 Å². The van der Waals surface area contributed by atoms with E-state index in [9.17, 15) is 8.96 Å². The fraction of sp³-hybridized carbons (Fsp3) is 0.208. The minimum absolute atomic E-state index is 0.272. The predicted molar refractivity (Wildman–Crippen MR) is 130 cm³/mol. The van der Waals surface area contributed by atoms with Crippen LogP contribution in [0.3, 0.4) is 0 Å². The molecule has 168 valence electrons. The molecule has 1 aliphatic heterocycles. The van der Waals surface area contributed by atoms with Crippen molar-refractivity contribution in [3.05, 3.63) is 83.6 Å². The molecule has 0 saturated carbocycles. The molecule has 1 N–H and O–H groups in total. The van der Waals surface area contributed by atoms with Crippen LogP contribution in [0.2, 0.25) is 0 Å². The lowest BCUT2D eigenvalue weighted by Crippen LogP contribution is -2.38. The van der Waals surface area contributed by atoms with Crippen LogP contribution in [0, 0.1) is 5.82 Å². The number of rotatable bonds is 5. The Balaban J connectivity index is 1.40. The van der Waals surface area contributed by atoms with Gasteiger partial charge in [-0.3, -0.25) is 15.4 Å². The molecule has 0 atom stereocenters. The van der Waals surface area contributed by atoms with Gasteiger partial charge in [0.15, 0.2) is 11.6 Å². The van der Waals surface area contributed by atoms with Crippen LogP contribution >= 0.6 is 7.14 Å². The molecule has 5 rings (SSSR count). The van der Waals surface area contributed by atoms with Gasteiger partial charge in [-0.1, -0.05) is 18.2 Å². The summed E-state index contributed by atoms with van der Waals surface area (Å²) in [5, 5.41) is 5.22. The van der Waals surface area contributed by atoms with Gasteiger partial charge < -0.3 is 4.57 Å². The normalized spacial score (nSPS) is 13.9. The zero-order valence-electron chi connectivity index (χ0n) is 18.7. The molecule has 0 bridgehead atoms. The van der Waals surface area contributed by atoms with Gasteiger partial charge in [-0.05, 0) is 54.8 Å². The molecule has 4 aromatic rings. The van der Waals surface area contributed by atoms with E-state index in [2.05, 4.69) is 27.5 Å². The Morgan fingerprint density at radius 1 is 1.06 bits per heavy atom. The van der Waals surface area contributed by atoms with Crippen LogP contribution in [0.25, 0.3) is 10.9 Å². The molecule has 2 aromatic heterocycles. The molecule has 0 spiro atoms. The van der Waals surface area contributed by atoms with Crippen molar-refractivity contribution in [1.82, 2.24) is 20.1 Å². The second kappa shape index (κ2) is 8.21. The van der Waals surface area contributed by atoms with Crippen molar-refractivity contribution in [2.24, 2.45) is 0 Å². The van der Waals surface area contributed by atoms with Crippen molar-refractivity contribution in [2.75, 3.05) is 30.8 Å². The third-order valence-corrected chi connectivity index (χ3v) is 7.18. The lowest BCUT2D eigenvalue weighted by Gasteiger charge is -2.25. The summed E-state index contributed by atoms with van der Waals surface area (Å²) in [6.45, 7) is 3.74. The highest BCUT2D eigenvalue weighted by Crippen LogP contribution is 2.36. The molecule has 0 fully saturated rings. The summed E-state index contributed by atoms with van der Waals surface area (Å²) in [5.41, 5.74) is 6.76. The van der Waals surface area contributed by atoms with Crippen molar-refractivity contribution in [1.29, 1.82) is 0 Å². The van der Waals surface area contributed by atoms with E-state index in [-0.39, 0.29) is 5.30 Å². The molecule has 0 saturated heterocycles. The lowest BCUT2D eigenvalue weighted by atomic mass is 10.1. The van der Waals surface area contributed by atoms with Gasteiger partial charge in [-0.15, -0.1) is 5.12 Å². The maximum absolute atomic E-state index is 14.5. The number of hydrazine groups is 2. The number of hydrogen-bond acceptors (Lipinski definition) is 7. The van der Waals surface area contributed by atoms with Crippen LogP contribution in [-0.4, -0.2) is 40.4 Å². The van der Waals surface area contributed by atoms with E-state index in [0.29, 0.717) is 24.6 Å². The van der Waals surface area contributed by atoms with Gasteiger partial charge in [0.25, 0.3) is 0 Å². The number of pyridine rings is 1. The van der Waals surface area contributed by atoms with Gasteiger partial charge in [0.05, 0.1) is 24.0 Å². The Kier molecular flexibility index (Phi) is 5.35. The van der Waals surface area contributed by atoms with Crippen LogP contribution in [0.5, 0.6) is 0 Å². The maximum Gasteiger partial charge on any atom is 0.189 e. The van der Waals surface area contributed by atoms with E-state index in [1.807, 2.05) is 35.4 Å². The van der Waals surface area contributed by atoms with Crippen molar-refractivity contribution < 1.29 is 8.96 Å². The minimum Gasteiger partial charge on any atom is -0.319 e. The third-order valence-electron chi connectivity index (χ3n) is 5.66. The van der Waals surface area contributed by atoms with Gasteiger partial charge in [-0.25, -0.2) is 14.4 Å². The molecular formula is C24H24FN6OP. The van der Waals surface area contributed by atoms with E-state index in [1.54, 1.807) is 37.9 Å². The first-order chi connectivity index (χ1) is 15.8. The molecule has 1 aliphatic rings. The minimum atomic E-state index is -2.66. The van der Waals surface area contributed by atoms with E-state index in [4.69, 9.17) is 4.98 Å². The zero-order valence-corrected chi connectivity index (χ0v) is 19.6. The molecule has 9 heteroatoms. The Hall–Kier alpha value is -3.35. The highest BCUT2D eigenvalue weighted by atomic mass is 31.2. The number of fused-ring (bicyclic) bond motifs is 2. The third kappa shape index (κ3) is 4.32. The summed E-state index contributed by atoms with van der Waals surface area (Å²) in [6, 6.07) is 15.0. The molecule has 2 aromatic carbocycles. The summed E-state index contributed by atoms with van der Waals surface area (Å²) >= 11 is 0. The quantitative estimate of drug-likeness (QED) is 0.446. The van der Waals surface area contributed by atoms with Crippen LogP contribution in [0.4, 0.5) is 16.0 Å². The van der Waals surface area contributed by atoms with Crippen LogP contribution in [0.1, 0.15) is 16.8 Å². The first-order valence-corrected chi connectivity index (χ1v) is 13.2. The number of nitrogens with zero attached hydrogens (tertiary/aromatic N) is 5. The number of anilines is 2. The second-order valence-corrected chi connectivity index (χ2v) is 11.8. The van der Waals surface area contributed by atoms with Crippen molar-refractivity contribution in [3.8, 4) is 0 Å². The van der Waals surface area contributed by atoms with E-state index >= 15 is 0 Å². The lowest BCUT2D eigenvalue weighted by molar-refractivity contribution is 0.378. The van der Waals surface area contributed by atoms with Crippen LogP contribution in [0.15, 0.2) is 60.9 Å². The highest BCUT2D eigenvalue weighted by Gasteiger charge is 2.27. The number of nitrogens with one attached hydrogen (secondary N) is 1. The SMILES string of the molecule is CN1Nc2ncc(Cc3ccc(P(C)(C)=O)c(F)c3)nc2N1Cc1ccc2ncccc2c1. The number of halogens is 1. The predicted octanol–water partition coefficient (Wildman–Crippen LogP) is 4.20. The fourth-order valence-electron chi connectivity index (χ4n) is 4.00. The molecule has 0 aliphatic carbocycles. The maximum atomic E-state index is 14.5. The Labute approximate surface area is 191 Å². The monoisotopic (exact) mass is 462 g/mol. The van der Waals surface area contributed by atoms with Gasteiger partial charge in [-0.2, -0.15) is 0 Å². The van der Waals surface area contributed by atoms with Crippen LogP contribution in [-0.2, 0) is 17.5 Å². The van der Waals surface area contributed by atoms with Crippen molar-refractivity contribution >= 4 is 35.0 Å². The van der Waals surface area contributed by atoms with Crippen LogP contribution < -0.4 is 15.7 Å². The van der Waals surface area contributed by atoms with Gasteiger partial charge in [0, 0.05) is 30.4 Å². The highest BCUT2D eigenvalue weighted by molar-refractivity contribution is 7.70. The number of hydrogen-bond donors (Lipinski definition) is 1. The average molecular weight is 462 g/mol. The Morgan fingerprint density at radius 3 is 2.67 bits per heavy atom. The molecule has 0 radical (unpaired) electrons. The Bertz CT molecular complexity index is 1410. The molecule has 3 heterocycles. The average Bonchev–Trinajstić information content (AvgIpc) is 3.07. The topological polar surface area (TPSA) is 74.2 Å². The van der Waals surface area contributed by atoms with E-state index in [1.165, 1.54) is 6.07 Å². The number of aromatic nitrogens is 3. The van der Waals surface area contributed by atoms with Gasteiger partial charge >= 0.3 is 0 Å². The van der Waals surface area contributed by atoms with Gasteiger partial charge in [0.1, 0.15) is 13.0 Å². The summed E-state index contributed by atoms with van der Waals surface area (Å²) in [4.78, 5) is 13.7. The summed E-state index contributed by atoms with van der Waals surface area (Å²) in [7, 11) is -0.750. The van der Waals surface area contributed by atoms with E-state index < -0.39 is 13.0 Å². The second-order valence-electron chi connectivity index (χ2n) is 8.57. The first-order valence-electron chi connectivity index (χ1n) is 10.6.